The van der Waals surface area contributed by atoms with Crippen LogP contribution in [0.5, 0.6) is 0 Å². The van der Waals surface area contributed by atoms with E-state index in [1.165, 1.54) is 18.4 Å². The first kappa shape index (κ1) is 22.1. The fourth-order valence-corrected chi connectivity index (χ4v) is 4.55. The van der Waals surface area contributed by atoms with Crippen LogP contribution in [0.15, 0.2) is 48.7 Å². The monoisotopic (exact) mass is 432 g/mol. The van der Waals surface area contributed by atoms with Crippen LogP contribution in [-0.2, 0) is 6.54 Å². The highest BCUT2D eigenvalue weighted by Gasteiger charge is 2.23. The van der Waals surface area contributed by atoms with Crippen molar-refractivity contribution in [1.82, 2.24) is 20.1 Å². The van der Waals surface area contributed by atoms with Gasteiger partial charge in [0.1, 0.15) is 11.9 Å². The molecule has 2 amide bonds. The number of rotatable bonds is 6. The topological polar surface area (TPSA) is 75.5 Å². The van der Waals surface area contributed by atoms with Gasteiger partial charge in [-0.15, -0.1) is 0 Å². The van der Waals surface area contributed by atoms with Crippen LogP contribution in [0, 0.1) is 17.2 Å². The lowest BCUT2D eigenvalue weighted by atomic mass is 9.93. The first-order chi connectivity index (χ1) is 15.7. The van der Waals surface area contributed by atoms with E-state index in [-0.39, 0.29) is 6.03 Å². The molecule has 1 N–H and O–H groups in total. The largest absolute Gasteiger partial charge is 0.353 e. The van der Waals surface area contributed by atoms with Gasteiger partial charge in [0.25, 0.3) is 0 Å². The van der Waals surface area contributed by atoms with Crippen LogP contribution in [0.3, 0.4) is 0 Å². The van der Waals surface area contributed by atoms with Gasteiger partial charge >= 0.3 is 6.03 Å². The first-order valence-corrected chi connectivity index (χ1v) is 11.6. The molecule has 0 bridgehead atoms. The number of nitrogens with one attached hydrogen (secondary N) is 1. The number of likely N-dealkylation sites (tertiary alicyclic amines) is 1. The van der Waals surface area contributed by atoms with Crippen molar-refractivity contribution >= 4 is 11.8 Å². The number of pyridine rings is 1. The molecule has 2 aliphatic heterocycles. The van der Waals surface area contributed by atoms with Crippen molar-refractivity contribution in [2.24, 2.45) is 5.92 Å². The first-order valence-electron chi connectivity index (χ1n) is 11.6. The molecular weight excluding hydrogens is 400 g/mol. The summed E-state index contributed by atoms with van der Waals surface area (Å²) in [7, 11) is 0. The Morgan fingerprint density at radius 3 is 2.44 bits per heavy atom. The number of piperidine rings is 1. The molecule has 7 heteroatoms. The van der Waals surface area contributed by atoms with Crippen molar-refractivity contribution in [2.45, 2.75) is 25.8 Å². The average Bonchev–Trinajstić information content (AvgIpc) is 2.86. The SMILES string of the molecule is N#Cc1ccc(N2CCN(C(=O)NCCC3CCN(Cc4ccccc4)CC3)CC2)nc1. The molecule has 1 aromatic heterocycles. The van der Waals surface area contributed by atoms with Gasteiger partial charge < -0.3 is 15.1 Å². The quantitative estimate of drug-likeness (QED) is 0.759. The van der Waals surface area contributed by atoms with E-state index in [9.17, 15) is 4.79 Å². The number of urea groups is 1. The van der Waals surface area contributed by atoms with Gasteiger partial charge in [-0.3, -0.25) is 4.90 Å². The normalized spacial score (nSPS) is 17.7. The van der Waals surface area contributed by atoms with Crippen molar-refractivity contribution in [3.05, 3.63) is 59.8 Å². The van der Waals surface area contributed by atoms with Crippen LogP contribution in [-0.4, -0.2) is 66.6 Å². The fourth-order valence-electron chi connectivity index (χ4n) is 4.55. The standard InChI is InChI=1S/C25H32N6O/c26-18-23-6-7-24(28-19-23)30-14-16-31(17-15-30)25(32)27-11-8-21-9-12-29(13-10-21)20-22-4-2-1-3-5-22/h1-7,19,21H,8-17,20H2,(H,27,32). The predicted molar refractivity (Wildman–Crippen MR) is 125 cm³/mol. The van der Waals surface area contributed by atoms with Crippen LogP contribution < -0.4 is 10.2 Å². The number of hydrogen-bond acceptors (Lipinski definition) is 5. The molecule has 0 unspecified atom stereocenters. The lowest BCUT2D eigenvalue weighted by molar-refractivity contribution is 0.169. The summed E-state index contributed by atoms with van der Waals surface area (Å²) < 4.78 is 0. The summed E-state index contributed by atoms with van der Waals surface area (Å²) in [4.78, 5) is 23.5. The number of benzene rings is 1. The van der Waals surface area contributed by atoms with Gasteiger partial charge in [0, 0.05) is 45.5 Å². The Kier molecular flexibility index (Phi) is 7.57. The van der Waals surface area contributed by atoms with Crippen LogP contribution in [0.2, 0.25) is 0 Å². The minimum atomic E-state index is 0.0407. The molecule has 0 aliphatic carbocycles. The fraction of sp³-hybridized carbons (Fsp3) is 0.480. The maximum atomic E-state index is 12.6. The maximum absolute atomic E-state index is 12.6. The number of hydrogen-bond donors (Lipinski definition) is 1. The number of amides is 2. The van der Waals surface area contributed by atoms with Gasteiger partial charge in [-0.25, -0.2) is 9.78 Å². The number of nitriles is 1. The van der Waals surface area contributed by atoms with E-state index in [1.807, 2.05) is 11.0 Å². The highest BCUT2D eigenvalue weighted by molar-refractivity contribution is 5.74. The molecule has 2 aromatic rings. The Morgan fingerprint density at radius 2 is 1.78 bits per heavy atom. The summed E-state index contributed by atoms with van der Waals surface area (Å²) in [5.41, 5.74) is 1.95. The summed E-state index contributed by atoms with van der Waals surface area (Å²) in [6, 6.07) is 16.5. The second-order valence-electron chi connectivity index (χ2n) is 8.72. The van der Waals surface area contributed by atoms with Crippen LogP contribution in [0.25, 0.3) is 0 Å². The summed E-state index contributed by atoms with van der Waals surface area (Å²) in [6.45, 7) is 6.95. The zero-order valence-electron chi connectivity index (χ0n) is 18.6. The zero-order chi connectivity index (χ0) is 22.2. The Morgan fingerprint density at radius 1 is 1.03 bits per heavy atom. The van der Waals surface area contributed by atoms with E-state index < -0.39 is 0 Å². The molecule has 32 heavy (non-hydrogen) atoms. The summed E-state index contributed by atoms with van der Waals surface area (Å²) >= 11 is 0. The third kappa shape index (κ3) is 5.98. The third-order valence-corrected chi connectivity index (χ3v) is 6.55. The maximum Gasteiger partial charge on any atom is 0.317 e. The van der Waals surface area contributed by atoms with Crippen molar-refractivity contribution < 1.29 is 4.79 Å². The molecule has 0 atom stereocenters. The van der Waals surface area contributed by atoms with Crippen molar-refractivity contribution in [2.75, 3.05) is 50.7 Å². The van der Waals surface area contributed by atoms with Gasteiger partial charge in [-0.2, -0.15) is 5.26 Å². The second-order valence-corrected chi connectivity index (χ2v) is 8.72. The van der Waals surface area contributed by atoms with Gasteiger partial charge in [-0.05, 0) is 56.0 Å². The lowest BCUT2D eigenvalue weighted by Gasteiger charge is -2.35. The summed E-state index contributed by atoms with van der Waals surface area (Å²) in [6.07, 6.45) is 5.07. The Bertz CT molecular complexity index is 894. The predicted octanol–water partition coefficient (Wildman–Crippen LogP) is 3.09. The van der Waals surface area contributed by atoms with E-state index in [2.05, 4.69) is 56.5 Å². The summed E-state index contributed by atoms with van der Waals surface area (Å²) in [5.74, 6) is 1.56. The minimum Gasteiger partial charge on any atom is -0.353 e. The third-order valence-electron chi connectivity index (χ3n) is 6.55. The van der Waals surface area contributed by atoms with Crippen molar-refractivity contribution in [1.29, 1.82) is 5.26 Å². The van der Waals surface area contributed by atoms with Gasteiger partial charge in [0.05, 0.1) is 5.56 Å². The second kappa shape index (κ2) is 11.0. The van der Waals surface area contributed by atoms with E-state index >= 15 is 0 Å². The molecule has 7 nitrogen and oxygen atoms in total. The molecular formula is C25H32N6O. The molecule has 2 saturated heterocycles. The van der Waals surface area contributed by atoms with Crippen molar-refractivity contribution in [3.8, 4) is 6.07 Å². The molecule has 2 fully saturated rings. The Hall–Kier alpha value is -3.11. The summed E-state index contributed by atoms with van der Waals surface area (Å²) in [5, 5.41) is 12.0. The Balaban J connectivity index is 1.11. The van der Waals surface area contributed by atoms with Crippen LogP contribution in [0.4, 0.5) is 10.6 Å². The molecule has 2 aliphatic rings. The van der Waals surface area contributed by atoms with Crippen molar-refractivity contribution in [3.63, 3.8) is 0 Å². The van der Waals surface area contributed by atoms with E-state index in [0.717, 1.165) is 51.5 Å². The van der Waals surface area contributed by atoms with E-state index in [4.69, 9.17) is 5.26 Å². The van der Waals surface area contributed by atoms with Crippen LogP contribution >= 0.6 is 0 Å². The molecule has 168 valence electrons. The number of carbonyl (C=O) groups excluding carboxylic acids is 1. The highest BCUT2D eigenvalue weighted by atomic mass is 16.2. The molecule has 1 aromatic carbocycles. The number of anilines is 1. The number of carbonyl (C=O) groups is 1. The number of piperazine rings is 1. The van der Waals surface area contributed by atoms with Gasteiger partial charge in [0.2, 0.25) is 0 Å². The molecule has 4 rings (SSSR count). The minimum absolute atomic E-state index is 0.0407. The number of aromatic nitrogens is 1. The average molecular weight is 433 g/mol. The zero-order valence-corrected chi connectivity index (χ0v) is 18.6. The lowest BCUT2D eigenvalue weighted by Crippen LogP contribution is -2.52. The Labute approximate surface area is 190 Å². The smallest absolute Gasteiger partial charge is 0.317 e. The van der Waals surface area contributed by atoms with Gasteiger partial charge in [-0.1, -0.05) is 30.3 Å². The van der Waals surface area contributed by atoms with Crippen LogP contribution in [0.1, 0.15) is 30.4 Å². The molecule has 3 heterocycles. The van der Waals surface area contributed by atoms with E-state index in [1.54, 1.807) is 12.3 Å². The highest BCUT2D eigenvalue weighted by Crippen LogP contribution is 2.21. The van der Waals surface area contributed by atoms with E-state index in [0.29, 0.717) is 24.6 Å². The molecule has 0 radical (unpaired) electrons. The molecule has 0 spiro atoms. The van der Waals surface area contributed by atoms with Gasteiger partial charge in [0.15, 0.2) is 0 Å². The molecule has 0 saturated carbocycles. The number of nitrogens with zero attached hydrogens (tertiary/aromatic N) is 5.